The molecule has 0 spiro atoms. The van der Waals surface area contributed by atoms with Crippen molar-refractivity contribution in [2.45, 2.75) is 378 Å². The van der Waals surface area contributed by atoms with E-state index in [-0.39, 0.29) is 70.6 Å². The molecule has 0 aromatic heterocycles. The molecule has 2 aliphatic rings. The van der Waals surface area contributed by atoms with Crippen LogP contribution in [-0.4, -0.2) is 190 Å². The summed E-state index contributed by atoms with van der Waals surface area (Å²) in [5.41, 5.74) is 0. The fraction of sp³-hybridized carbons (Fsp3) is 0.886. The number of aliphatic hydroxyl groups is 6. The van der Waals surface area contributed by atoms with Crippen LogP contribution in [0.4, 0.5) is 0 Å². The fourth-order valence-corrected chi connectivity index (χ4v) is 11.2. The number of carbonyl (C=O) groups excluding carboxylic acids is 8. The molecule has 25 nitrogen and oxygen atoms in total. The highest BCUT2D eigenvalue weighted by Gasteiger charge is 2.69. The maximum absolute atomic E-state index is 14.8. The van der Waals surface area contributed by atoms with Crippen LogP contribution in [0.2, 0.25) is 0 Å². The quantitative estimate of drug-likeness (QED) is 0.0187. The van der Waals surface area contributed by atoms with Crippen LogP contribution in [0.15, 0.2) is 0 Å². The lowest BCUT2D eigenvalue weighted by Crippen LogP contribution is -2.76. The second-order valence-electron chi connectivity index (χ2n) is 25.3. The molecule has 0 aliphatic carbocycles. The minimum Gasteiger partial charge on any atom is -0.463 e. The van der Waals surface area contributed by atoms with Gasteiger partial charge in [-0.25, -0.2) is 0 Å². The minimum atomic E-state index is -3.53. The molecule has 15 atom stereocenters. The van der Waals surface area contributed by atoms with E-state index in [4.69, 9.17) is 52.1 Å². The highest BCUT2D eigenvalue weighted by Crippen LogP contribution is 2.45. The molecule has 0 bridgehead atoms. The Morgan fingerprint density at radius 3 is 1.04 bits per heavy atom. The van der Waals surface area contributed by atoms with Crippen molar-refractivity contribution in [3.05, 3.63) is 0 Å². The molecule has 25 heteroatoms. The van der Waals surface area contributed by atoms with Crippen molar-refractivity contribution in [2.75, 3.05) is 19.8 Å². The number of hydrogen-bond donors (Lipinski definition) is 6. The highest BCUT2D eigenvalue weighted by molar-refractivity contribution is 5.73. The highest BCUT2D eigenvalue weighted by atomic mass is 16.8. The van der Waals surface area contributed by atoms with E-state index in [1.165, 1.54) is 0 Å². The zero-order valence-corrected chi connectivity index (χ0v) is 58.6. The third kappa shape index (κ3) is 32.3. The molecular formula is C70H122O25. The van der Waals surface area contributed by atoms with E-state index in [9.17, 15) is 69.0 Å². The molecule has 552 valence electrons. The summed E-state index contributed by atoms with van der Waals surface area (Å²) in [6.45, 7) is 12.6. The van der Waals surface area contributed by atoms with Gasteiger partial charge in [-0.3, -0.25) is 38.4 Å². The van der Waals surface area contributed by atoms with E-state index >= 15 is 0 Å². The van der Waals surface area contributed by atoms with Gasteiger partial charge in [0.15, 0.2) is 36.6 Å². The van der Waals surface area contributed by atoms with Crippen molar-refractivity contribution in [1.82, 2.24) is 0 Å². The Morgan fingerprint density at radius 1 is 0.347 bits per heavy atom. The van der Waals surface area contributed by atoms with Gasteiger partial charge in [0, 0.05) is 51.4 Å². The Kier molecular flexibility index (Phi) is 46.1. The zero-order valence-electron chi connectivity index (χ0n) is 58.6. The number of hydrogen-bond acceptors (Lipinski definition) is 25. The van der Waals surface area contributed by atoms with Crippen molar-refractivity contribution >= 4 is 47.8 Å². The molecule has 0 radical (unpaired) electrons. The second-order valence-corrected chi connectivity index (χ2v) is 25.3. The summed E-state index contributed by atoms with van der Waals surface area (Å²) in [6.07, 6.45) is -17.7. The molecule has 6 N–H and O–H groups in total. The van der Waals surface area contributed by atoms with Crippen LogP contribution < -0.4 is 0 Å². The lowest BCUT2D eigenvalue weighted by atomic mass is 9.84. The van der Waals surface area contributed by atoms with Crippen molar-refractivity contribution in [2.24, 2.45) is 0 Å². The summed E-state index contributed by atoms with van der Waals surface area (Å²) >= 11 is 0. The summed E-state index contributed by atoms with van der Waals surface area (Å²) < 4.78 is 70.1. The summed E-state index contributed by atoms with van der Waals surface area (Å²) in [4.78, 5) is 114. The molecule has 95 heavy (non-hydrogen) atoms. The number of rotatable bonds is 54. The molecule has 0 aromatic carbocycles. The van der Waals surface area contributed by atoms with Crippen molar-refractivity contribution in [3.8, 4) is 0 Å². The summed E-state index contributed by atoms with van der Waals surface area (Å²) in [7, 11) is 0. The summed E-state index contributed by atoms with van der Waals surface area (Å²) in [5.74, 6) is -10.7. The third-order valence-electron chi connectivity index (χ3n) is 16.9. The normalized spacial score (nSPS) is 23.5. The van der Waals surface area contributed by atoms with Gasteiger partial charge >= 0.3 is 47.8 Å². The first kappa shape index (κ1) is 86.5. The average molecular weight is 1360 g/mol. The first-order chi connectivity index (χ1) is 45.7. The Labute approximate surface area is 564 Å². The van der Waals surface area contributed by atoms with Gasteiger partial charge in [-0.1, -0.05) is 184 Å². The van der Waals surface area contributed by atoms with E-state index in [1.54, 1.807) is 0 Å². The molecule has 2 rings (SSSR count). The van der Waals surface area contributed by atoms with Gasteiger partial charge in [-0.15, -0.1) is 0 Å². The van der Waals surface area contributed by atoms with Gasteiger partial charge in [0.2, 0.25) is 12.1 Å². The SMILES string of the molecule is CCCCCCCC(=O)O[C@@H]1[C@H](O[C@]2(C(O)[C@H](O)[C@@H](O)[C@@H](O)[C@H](O)CO)O[C@H](COC(=O)CCCCC)[C@@H](OC(=O)CCCCC)[C@H](OC(=O)CCCCC)[C@@H]2OC(=O)CCCCCCC)O[C@H](COC(=O)CCCCC)[C@@H](OC(=O)CCCCC)[C@@H]1OC(=O)CCCCC. The van der Waals surface area contributed by atoms with Crippen LogP contribution in [0, 0.1) is 0 Å². The van der Waals surface area contributed by atoms with E-state index in [0.717, 1.165) is 44.9 Å². The Morgan fingerprint density at radius 2 is 0.653 bits per heavy atom. The van der Waals surface area contributed by atoms with Gasteiger partial charge in [-0.2, -0.15) is 0 Å². The van der Waals surface area contributed by atoms with Crippen LogP contribution in [0.5, 0.6) is 0 Å². The molecule has 1 unspecified atom stereocenters. The van der Waals surface area contributed by atoms with Crippen LogP contribution in [0.3, 0.4) is 0 Å². The molecule has 0 aromatic rings. The first-order valence-corrected chi connectivity index (χ1v) is 36.2. The third-order valence-corrected chi connectivity index (χ3v) is 16.9. The number of aliphatic hydroxyl groups excluding tert-OH is 6. The maximum Gasteiger partial charge on any atom is 0.306 e. The largest absolute Gasteiger partial charge is 0.463 e. The van der Waals surface area contributed by atoms with E-state index in [0.29, 0.717) is 116 Å². The predicted molar refractivity (Wildman–Crippen MR) is 347 cm³/mol. The fourth-order valence-electron chi connectivity index (χ4n) is 11.2. The molecule has 2 heterocycles. The van der Waals surface area contributed by atoms with E-state index < -0.39 is 159 Å². The van der Waals surface area contributed by atoms with Crippen LogP contribution >= 0.6 is 0 Å². The summed E-state index contributed by atoms with van der Waals surface area (Å²) in [5, 5.41) is 69.8. The maximum atomic E-state index is 14.8. The van der Waals surface area contributed by atoms with Gasteiger partial charge in [0.1, 0.15) is 55.9 Å². The van der Waals surface area contributed by atoms with E-state index in [1.807, 2.05) is 55.4 Å². The molecule has 0 saturated carbocycles. The lowest BCUT2D eigenvalue weighted by molar-refractivity contribution is -0.446. The summed E-state index contributed by atoms with van der Waals surface area (Å²) in [6, 6.07) is 0. The van der Waals surface area contributed by atoms with Crippen molar-refractivity contribution in [3.63, 3.8) is 0 Å². The smallest absolute Gasteiger partial charge is 0.306 e. The van der Waals surface area contributed by atoms with Gasteiger partial charge in [0.25, 0.3) is 0 Å². The standard InChI is InChI=1S/C70H122O25/c1-9-17-25-27-35-43-57(79)92-66-64(90-55(77)41-33-23-15-7)62(88-53(75)39-31-21-13-5)49(46-85-51(73)37-29-19-11-3)87-69(66)95-70(67(84)61(83)60(82)59(81)48(72)45-71)68(93-58(80)44-36-28-26-18-10-2)65(91-56(78)42-34-24-16-8)63(89-54(76)40-32-22-14-6)50(94-70)47-86-52(74)38-30-20-12-4/h48-50,59-69,71-72,81-84H,9-47H2,1-8H3/t48-,49-,50-,59+,60+,61-,62-,63-,64+,65+,66+,67?,68+,69+,70+/m1/s1. The van der Waals surface area contributed by atoms with Gasteiger partial charge < -0.3 is 82.7 Å². The molecule has 0 amide bonds. The topological polar surface area (TPSA) is 359 Å². The Hall–Kier alpha value is -4.60. The monoisotopic (exact) mass is 1360 g/mol. The first-order valence-electron chi connectivity index (χ1n) is 36.2. The lowest BCUT2D eigenvalue weighted by Gasteiger charge is -2.55. The number of carbonyl (C=O) groups is 8. The van der Waals surface area contributed by atoms with E-state index in [2.05, 4.69) is 0 Å². The molecular weight excluding hydrogens is 1240 g/mol. The van der Waals surface area contributed by atoms with Crippen LogP contribution in [0.25, 0.3) is 0 Å². The zero-order chi connectivity index (χ0) is 70.6. The van der Waals surface area contributed by atoms with Crippen molar-refractivity contribution < 1.29 is 121 Å². The minimum absolute atomic E-state index is 0.0738. The average Bonchev–Trinajstić information content (AvgIpc) is 0.728. The Bertz CT molecular complexity index is 2150. The van der Waals surface area contributed by atoms with Gasteiger partial charge in [0.05, 0.1) is 6.61 Å². The second kappa shape index (κ2) is 50.7. The van der Waals surface area contributed by atoms with Crippen molar-refractivity contribution in [1.29, 1.82) is 0 Å². The molecule has 2 aliphatic heterocycles. The number of unbranched alkanes of at least 4 members (excludes halogenated alkanes) is 20. The number of esters is 8. The van der Waals surface area contributed by atoms with Crippen LogP contribution in [0.1, 0.15) is 287 Å². The number of ether oxygens (including phenoxy) is 11. The molecule has 2 fully saturated rings. The Balaban J connectivity index is 3.52. The van der Waals surface area contributed by atoms with Crippen LogP contribution in [-0.2, 0) is 90.5 Å². The van der Waals surface area contributed by atoms with Gasteiger partial charge in [-0.05, 0) is 51.4 Å². The predicted octanol–water partition coefficient (Wildman–Crippen LogP) is 9.38. The molecule has 2 saturated heterocycles.